The first-order chi connectivity index (χ1) is 17.1. The Labute approximate surface area is 213 Å². The molecule has 0 radical (unpaired) electrons. The van der Waals surface area contributed by atoms with Crippen LogP contribution in [0, 0.1) is 5.82 Å². The quantitative estimate of drug-likeness (QED) is 0.351. The van der Waals surface area contributed by atoms with Crippen LogP contribution >= 0.6 is 0 Å². The van der Waals surface area contributed by atoms with E-state index in [9.17, 15) is 13.7 Å². The topological polar surface area (TPSA) is 94.3 Å². The van der Waals surface area contributed by atoms with Crippen LogP contribution in [0.15, 0.2) is 65.2 Å². The predicted molar refractivity (Wildman–Crippen MR) is 139 cm³/mol. The Kier molecular flexibility index (Phi) is 7.44. The van der Waals surface area contributed by atoms with Gasteiger partial charge in [0.15, 0.2) is 5.58 Å². The Morgan fingerprint density at radius 1 is 1.11 bits per heavy atom. The van der Waals surface area contributed by atoms with Gasteiger partial charge in [0, 0.05) is 42.8 Å². The number of nitrogens with one attached hydrogen (secondary N) is 1. The molecule has 4 aromatic rings. The van der Waals surface area contributed by atoms with Gasteiger partial charge in [0.25, 0.3) is 5.91 Å². The summed E-state index contributed by atoms with van der Waals surface area (Å²) in [7, 11) is 3.23. The molecule has 0 aliphatic carbocycles. The minimum Gasteiger partial charge on any atom is -0.598 e. The van der Waals surface area contributed by atoms with E-state index in [-0.39, 0.29) is 23.7 Å². The molecule has 0 unspecified atom stereocenters. The van der Waals surface area contributed by atoms with Gasteiger partial charge in [-0.15, -0.1) is 4.72 Å². The predicted octanol–water partition coefficient (Wildman–Crippen LogP) is 5.07. The molecule has 1 amide bonds. The molecule has 0 aliphatic heterocycles. The number of aromatic nitrogens is 2. The Morgan fingerprint density at radius 2 is 1.81 bits per heavy atom. The Hall–Kier alpha value is -3.27. The normalized spacial score (nSPS) is 13.5. The smallest absolute Gasteiger partial charge is 0.271 e. The van der Waals surface area contributed by atoms with Gasteiger partial charge in [0.2, 0.25) is 0 Å². The number of rotatable bonds is 7. The van der Waals surface area contributed by atoms with Crippen LogP contribution in [0.2, 0.25) is 0 Å². The lowest BCUT2D eigenvalue weighted by Crippen LogP contribution is -2.42. The zero-order valence-corrected chi connectivity index (χ0v) is 21.7. The van der Waals surface area contributed by atoms with E-state index in [1.807, 2.05) is 69.3 Å². The maximum atomic E-state index is 14.9. The standard InChI is InChI=1S/C27H29FN4O3S/c1-27(2,3)36(34)31-22(16-23-20(28)14-15-21(29-23)26(33)32(4)5)17-10-6-7-11-18(17)25-19-12-8-9-13-24(19)35-30-25/h6-15,22,31H,16H2,1-5H3/t22-,36-/m0/s1. The summed E-state index contributed by atoms with van der Waals surface area (Å²) in [6, 6.07) is 17.1. The summed E-state index contributed by atoms with van der Waals surface area (Å²) in [5, 5.41) is 5.14. The molecule has 2 heterocycles. The maximum absolute atomic E-state index is 14.9. The Balaban J connectivity index is 1.81. The van der Waals surface area contributed by atoms with Crippen LogP contribution in [0.1, 0.15) is 48.6 Å². The molecular formula is C27H29FN4O3S. The molecule has 188 valence electrons. The van der Waals surface area contributed by atoms with Crippen molar-refractivity contribution >= 4 is 28.2 Å². The third-order valence-corrected chi connectivity index (χ3v) is 7.33. The molecule has 36 heavy (non-hydrogen) atoms. The number of hydrogen-bond acceptors (Lipinski definition) is 6. The summed E-state index contributed by atoms with van der Waals surface area (Å²) < 4.78 is 36.3. The summed E-state index contributed by atoms with van der Waals surface area (Å²) in [6.07, 6.45) is 0.0645. The van der Waals surface area contributed by atoms with Gasteiger partial charge in [-0.1, -0.05) is 41.6 Å². The number of para-hydroxylation sites is 1. The minimum absolute atomic E-state index is 0.0645. The molecule has 0 saturated carbocycles. The van der Waals surface area contributed by atoms with Gasteiger partial charge in [-0.2, -0.15) is 0 Å². The van der Waals surface area contributed by atoms with Crippen molar-refractivity contribution in [1.82, 2.24) is 19.8 Å². The van der Waals surface area contributed by atoms with Crippen molar-refractivity contribution in [2.24, 2.45) is 0 Å². The minimum atomic E-state index is -1.47. The fourth-order valence-electron chi connectivity index (χ4n) is 3.79. The zero-order chi connectivity index (χ0) is 26.0. The van der Waals surface area contributed by atoms with Crippen LogP contribution < -0.4 is 4.72 Å². The number of fused-ring (bicyclic) bond motifs is 1. The summed E-state index contributed by atoms with van der Waals surface area (Å²) in [5.41, 5.74) is 3.06. The third-order valence-electron chi connectivity index (χ3n) is 5.72. The van der Waals surface area contributed by atoms with Crippen LogP contribution in [0.4, 0.5) is 4.39 Å². The van der Waals surface area contributed by atoms with Crippen molar-refractivity contribution in [3.63, 3.8) is 0 Å². The monoisotopic (exact) mass is 508 g/mol. The molecule has 0 saturated heterocycles. The van der Waals surface area contributed by atoms with Crippen molar-refractivity contribution in [1.29, 1.82) is 0 Å². The Morgan fingerprint density at radius 3 is 2.53 bits per heavy atom. The second-order valence-electron chi connectivity index (χ2n) is 9.69. The highest BCUT2D eigenvalue weighted by atomic mass is 32.2. The van der Waals surface area contributed by atoms with Gasteiger partial charge in [0.1, 0.15) is 22.0 Å². The van der Waals surface area contributed by atoms with Crippen molar-refractivity contribution in [2.45, 2.75) is 38.0 Å². The fourth-order valence-corrected chi connectivity index (χ4v) is 4.61. The zero-order valence-electron chi connectivity index (χ0n) is 20.9. The first kappa shape index (κ1) is 25.8. The van der Waals surface area contributed by atoms with E-state index < -0.39 is 28.0 Å². The number of amides is 1. The molecule has 4 rings (SSSR count). The van der Waals surface area contributed by atoms with Crippen molar-refractivity contribution in [3.05, 3.63) is 83.4 Å². The number of nitrogens with zero attached hydrogens (tertiary/aromatic N) is 3. The SMILES string of the molecule is CN(C)C(=O)c1ccc(F)c(C[C@H](N[S@@+]([O-])C(C)(C)C)c2ccccc2-c2noc3ccccc23)n1. The molecule has 1 N–H and O–H groups in total. The fraction of sp³-hybridized carbons (Fsp3) is 0.296. The molecule has 7 nitrogen and oxygen atoms in total. The van der Waals surface area contributed by atoms with Crippen LogP contribution in [0.5, 0.6) is 0 Å². The highest BCUT2D eigenvalue weighted by Gasteiger charge is 2.32. The maximum Gasteiger partial charge on any atom is 0.271 e. The highest BCUT2D eigenvalue weighted by molar-refractivity contribution is 7.90. The summed E-state index contributed by atoms with van der Waals surface area (Å²) >= 11 is -1.47. The first-order valence-electron chi connectivity index (χ1n) is 11.5. The van der Waals surface area contributed by atoms with Crippen LogP contribution in [0.25, 0.3) is 22.2 Å². The Bertz CT molecular complexity index is 1380. The molecular weight excluding hydrogens is 479 g/mol. The van der Waals surface area contributed by atoms with E-state index in [1.165, 1.54) is 17.0 Å². The highest BCUT2D eigenvalue weighted by Crippen LogP contribution is 2.35. The largest absolute Gasteiger partial charge is 0.598 e. The molecule has 0 aliphatic rings. The number of halogens is 1. The number of carbonyl (C=O) groups excluding carboxylic acids is 1. The summed E-state index contributed by atoms with van der Waals surface area (Å²) in [5.74, 6) is -0.864. The molecule has 2 aromatic heterocycles. The summed E-state index contributed by atoms with van der Waals surface area (Å²) in [4.78, 5) is 18.2. The van der Waals surface area contributed by atoms with Gasteiger partial charge >= 0.3 is 0 Å². The molecule has 0 bridgehead atoms. The molecule has 2 aromatic carbocycles. The van der Waals surface area contributed by atoms with Crippen molar-refractivity contribution < 1.29 is 18.3 Å². The van der Waals surface area contributed by atoms with E-state index in [0.29, 0.717) is 11.3 Å². The van der Waals surface area contributed by atoms with Crippen molar-refractivity contribution in [2.75, 3.05) is 14.1 Å². The lowest BCUT2D eigenvalue weighted by molar-refractivity contribution is 0.0821. The second kappa shape index (κ2) is 10.4. The molecule has 9 heteroatoms. The van der Waals surface area contributed by atoms with Gasteiger partial charge < -0.3 is 14.0 Å². The number of pyridine rings is 1. The van der Waals surface area contributed by atoms with Gasteiger partial charge in [0.05, 0.1) is 11.7 Å². The average Bonchev–Trinajstić information content (AvgIpc) is 3.27. The van der Waals surface area contributed by atoms with E-state index in [2.05, 4.69) is 14.9 Å². The van der Waals surface area contributed by atoms with Crippen LogP contribution in [-0.4, -0.2) is 44.3 Å². The van der Waals surface area contributed by atoms with Crippen LogP contribution in [0.3, 0.4) is 0 Å². The number of benzene rings is 2. The molecule has 2 atom stereocenters. The van der Waals surface area contributed by atoms with Crippen molar-refractivity contribution in [3.8, 4) is 11.3 Å². The van der Waals surface area contributed by atoms with E-state index in [1.54, 1.807) is 14.1 Å². The second-order valence-corrected chi connectivity index (χ2v) is 11.7. The van der Waals surface area contributed by atoms with Crippen LogP contribution in [-0.2, 0) is 17.8 Å². The number of carbonyl (C=O) groups is 1. The van der Waals surface area contributed by atoms with Gasteiger partial charge in [-0.05, 0) is 50.6 Å². The lowest BCUT2D eigenvalue weighted by atomic mass is 9.94. The summed E-state index contributed by atoms with van der Waals surface area (Å²) in [6.45, 7) is 5.58. The molecule has 0 fully saturated rings. The van der Waals surface area contributed by atoms with E-state index >= 15 is 0 Å². The first-order valence-corrected chi connectivity index (χ1v) is 12.7. The lowest BCUT2D eigenvalue weighted by Gasteiger charge is -2.29. The number of hydrogen-bond donors (Lipinski definition) is 1. The average molecular weight is 509 g/mol. The van der Waals surface area contributed by atoms with Gasteiger partial charge in [-0.3, -0.25) is 4.79 Å². The third kappa shape index (κ3) is 5.43. The van der Waals surface area contributed by atoms with Gasteiger partial charge in [-0.25, -0.2) is 9.37 Å². The van der Waals surface area contributed by atoms with E-state index in [4.69, 9.17) is 4.52 Å². The van der Waals surface area contributed by atoms with E-state index in [0.717, 1.165) is 16.5 Å². The molecule has 0 spiro atoms.